The van der Waals surface area contributed by atoms with Gasteiger partial charge in [0.1, 0.15) is 6.04 Å². The minimum absolute atomic E-state index is 0.0522. The van der Waals surface area contributed by atoms with Crippen LogP contribution >= 0.6 is 0 Å². The third-order valence-electron chi connectivity index (χ3n) is 3.44. The minimum Gasteiger partial charge on any atom is -0.480 e. The Hall–Kier alpha value is -1.15. The van der Waals surface area contributed by atoms with E-state index < -0.39 is 34.0 Å². The van der Waals surface area contributed by atoms with Crippen molar-refractivity contribution in [3.05, 3.63) is 0 Å². The monoisotopic (exact) mass is 306 g/mol. The Balaban J connectivity index is 2.77. The van der Waals surface area contributed by atoms with Crippen LogP contribution in [0.15, 0.2) is 0 Å². The molecule has 3 atom stereocenters. The normalized spacial score (nSPS) is 24.6. The van der Waals surface area contributed by atoms with Crippen LogP contribution in [-0.4, -0.2) is 54.7 Å². The summed E-state index contributed by atoms with van der Waals surface area (Å²) in [5.74, 6) is -1.71. The van der Waals surface area contributed by atoms with Gasteiger partial charge in [-0.1, -0.05) is 13.8 Å². The van der Waals surface area contributed by atoms with Gasteiger partial charge in [-0.15, -0.1) is 0 Å². The molecule has 0 saturated carbocycles. The predicted molar refractivity (Wildman–Crippen MR) is 73.6 cm³/mol. The molecule has 2 N–H and O–H groups in total. The second-order valence-corrected chi connectivity index (χ2v) is 7.11. The zero-order valence-corrected chi connectivity index (χ0v) is 12.8. The highest BCUT2D eigenvalue weighted by Gasteiger charge is 2.41. The first-order valence-electron chi connectivity index (χ1n) is 6.73. The van der Waals surface area contributed by atoms with Crippen molar-refractivity contribution < 1.29 is 23.1 Å². The van der Waals surface area contributed by atoms with Gasteiger partial charge in [-0.05, 0) is 25.7 Å². The molecule has 0 aliphatic carbocycles. The summed E-state index contributed by atoms with van der Waals surface area (Å²) in [6, 6.07) is -1.82. The van der Waals surface area contributed by atoms with E-state index in [9.17, 15) is 18.0 Å². The van der Waals surface area contributed by atoms with Crippen LogP contribution in [0.1, 0.15) is 33.6 Å². The van der Waals surface area contributed by atoms with Gasteiger partial charge in [-0.25, -0.2) is 17.9 Å². The van der Waals surface area contributed by atoms with Crippen LogP contribution in [0, 0.1) is 5.92 Å². The highest BCUT2D eigenvalue weighted by molar-refractivity contribution is 7.89. The highest BCUT2D eigenvalue weighted by Crippen LogP contribution is 2.24. The zero-order chi connectivity index (χ0) is 15.5. The summed E-state index contributed by atoms with van der Waals surface area (Å²) < 4.78 is 25.6. The average molecular weight is 306 g/mol. The van der Waals surface area contributed by atoms with Gasteiger partial charge in [-0.3, -0.25) is 4.79 Å². The van der Waals surface area contributed by atoms with Crippen molar-refractivity contribution in [1.82, 2.24) is 9.62 Å². The van der Waals surface area contributed by atoms with Gasteiger partial charge in [0.05, 0.1) is 11.8 Å². The number of hydrogen-bond donors (Lipinski definition) is 2. The van der Waals surface area contributed by atoms with Crippen LogP contribution in [0.2, 0.25) is 0 Å². The largest absolute Gasteiger partial charge is 0.480 e. The van der Waals surface area contributed by atoms with Gasteiger partial charge in [-0.2, -0.15) is 0 Å². The van der Waals surface area contributed by atoms with Crippen LogP contribution in [-0.2, 0) is 19.6 Å². The van der Waals surface area contributed by atoms with Gasteiger partial charge in [0.15, 0.2) is 0 Å². The molecular formula is C12H22N2O5S. The molecule has 116 valence electrons. The summed E-state index contributed by atoms with van der Waals surface area (Å²) in [6.45, 7) is 5.29. The molecule has 0 aromatic carbocycles. The van der Waals surface area contributed by atoms with Crippen molar-refractivity contribution in [1.29, 1.82) is 0 Å². The molecule has 1 saturated heterocycles. The maximum atomic E-state index is 12.2. The Bertz CT molecular complexity index is 476. The number of carbonyl (C=O) groups is 2. The molecule has 1 amide bonds. The predicted octanol–water partition coefficient (Wildman–Crippen LogP) is 0.0259. The molecule has 7 nitrogen and oxygen atoms in total. The Morgan fingerprint density at radius 2 is 2.05 bits per heavy atom. The van der Waals surface area contributed by atoms with Crippen molar-refractivity contribution in [3.63, 3.8) is 0 Å². The second-order valence-electron chi connectivity index (χ2n) is 5.24. The molecule has 1 aliphatic heterocycles. The number of amides is 1. The van der Waals surface area contributed by atoms with E-state index in [-0.39, 0.29) is 11.7 Å². The molecule has 8 heteroatoms. The number of nitrogens with one attached hydrogen (secondary N) is 1. The van der Waals surface area contributed by atoms with E-state index >= 15 is 0 Å². The summed E-state index contributed by atoms with van der Waals surface area (Å²) in [6.07, 6.45) is 1.06. The van der Waals surface area contributed by atoms with Crippen LogP contribution in [0.4, 0.5) is 0 Å². The fourth-order valence-electron chi connectivity index (χ4n) is 2.47. The van der Waals surface area contributed by atoms with Crippen LogP contribution in [0.25, 0.3) is 0 Å². The SMILES string of the molecule is CCCS(=O)(=O)NC(C)C(=O)N1CCC(C)C1C(=O)O. The number of carboxylic acids is 1. The molecule has 1 aliphatic rings. The smallest absolute Gasteiger partial charge is 0.326 e. The number of sulfonamides is 1. The summed E-state index contributed by atoms with van der Waals surface area (Å²) in [4.78, 5) is 24.7. The van der Waals surface area contributed by atoms with Crippen LogP contribution in [0.3, 0.4) is 0 Å². The molecule has 0 aromatic heterocycles. The van der Waals surface area contributed by atoms with Crippen LogP contribution < -0.4 is 4.72 Å². The van der Waals surface area contributed by atoms with E-state index in [0.717, 1.165) is 0 Å². The van der Waals surface area contributed by atoms with Gasteiger partial charge in [0.2, 0.25) is 15.9 Å². The molecule has 1 fully saturated rings. The first-order valence-corrected chi connectivity index (χ1v) is 8.38. The Morgan fingerprint density at radius 1 is 1.45 bits per heavy atom. The summed E-state index contributed by atoms with van der Waals surface area (Å²) in [7, 11) is -3.50. The van der Waals surface area contributed by atoms with E-state index in [0.29, 0.717) is 19.4 Å². The van der Waals surface area contributed by atoms with E-state index in [1.165, 1.54) is 11.8 Å². The first-order chi connectivity index (χ1) is 9.19. The molecule has 0 bridgehead atoms. The van der Waals surface area contributed by atoms with E-state index in [1.54, 1.807) is 13.8 Å². The Kier molecular flexibility index (Phi) is 5.52. The average Bonchev–Trinajstić information content (AvgIpc) is 2.69. The molecule has 0 spiro atoms. The second kappa shape index (κ2) is 6.53. The maximum absolute atomic E-state index is 12.2. The number of rotatable bonds is 6. The topological polar surface area (TPSA) is 104 Å². The van der Waals surface area contributed by atoms with E-state index in [1.807, 2.05) is 0 Å². The fourth-order valence-corrected chi connectivity index (χ4v) is 3.76. The lowest BCUT2D eigenvalue weighted by Gasteiger charge is -2.26. The van der Waals surface area contributed by atoms with E-state index in [2.05, 4.69) is 4.72 Å². The Morgan fingerprint density at radius 3 is 2.55 bits per heavy atom. The number of nitrogens with zero attached hydrogens (tertiary/aromatic N) is 1. The third kappa shape index (κ3) is 3.92. The van der Waals surface area contributed by atoms with Gasteiger partial charge >= 0.3 is 5.97 Å². The molecule has 20 heavy (non-hydrogen) atoms. The summed E-state index contributed by atoms with van der Waals surface area (Å²) >= 11 is 0. The quantitative estimate of drug-likeness (QED) is 0.720. The summed E-state index contributed by atoms with van der Waals surface area (Å²) in [5.41, 5.74) is 0. The maximum Gasteiger partial charge on any atom is 0.326 e. The van der Waals surface area contributed by atoms with E-state index in [4.69, 9.17) is 5.11 Å². The fraction of sp³-hybridized carbons (Fsp3) is 0.833. The van der Waals surface area contributed by atoms with Gasteiger partial charge in [0.25, 0.3) is 0 Å². The standard InChI is InChI=1S/C12H22N2O5S/c1-4-7-20(18,19)13-9(3)11(15)14-6-5-8(2)10(14)12(16)17/h8-10,13H,4-7H2,1-3H3,(H,16,17). The lowest BCUT2D eigenvalue weighted by molar-refractivity contribution is -0.149. The van der Waals surface area contributed by atoms with Gasteiger partial charge < -0.3 is 10.0 Å². The molecule has 1 heterocycles. The molecule has 3 unspecified atom stereocenters. The molecular weight excluding hydrogens is 284 g/mol. The number of carbonyl (C=O) groups excluding carboxylic acids is 1. The lowest BCUT2D eigenvalue weighted by Crippen LogP contribution is -2.51. The molecule has 0 radical (unpaired) electrons. The van der Waals surface area contributed by atoms with Crippen molar-refractivity contribution in [2.24, 2.45) is 5.92 Å². The number of likely N-dealkylation sites (tertiary alicyclic amines) is 1. The van der Waals surface area contributed by atoms with Gasteiger partial charge in [0, 0.05) is 6.54 Å². The number of hydrogen-bond acceptors (Lipinski definition) is 4. The highest BCUT2D eigenvalue weighted by atomic mass is 32.2. The Labute approximate surface area is 119 Å². The van der Waals surface area contributed by atoms with Crippen molar-refractivity contribution in [3.8, 4) is 0 Å². The molecule has 0 aromatic rings. The van der Waals surface area contributed by atoms with Crippen molar-refractivity contribution >= 4 is 21.9 Å². The number of carboxylic acid groups (broad SMARTS) is 1. The van der Waals surface area contributed by atoms with Crippen molar-refractivity contribution in [2.75, 3.05) is 12.3 Å². The summed E-state index contributed by atoms with van der Waals surface area (Å²) in [5, 5.41) is 9.17. The molecule has 1 rings (SSSR count). The first kappa shape index (κ1) is 16.9. The number of aliphatic carboxylic acids is 1. The zero-order valence-electron chi connectivity index (χ0n) is 12.0. The third-order valence-corrected chi connectivity index (χ3v) is 5.09. The minimum atomic E-state index is -3.50. The van der Waals surface area contributed by atoms with Crippen LogP contribution in [0.5, 0.6) is 0 Å². The van der Waals surface area contributed by atoms with Crippen molar-refractivity contribution in [2.45, 2.75) is 45.7 Å². The lowest BCUT2D eigenvalue weighted by atomic mass is 10.0.